The number of carbonyl (C=O) groups is 1. The first kappa shape index (κ1) is 21.4. The predicted octanol–water partition coefficient (Wildman–Crippen LogP) is 6.03. The molecule has 1 N–H and O–H groups in total. The van der Waals surface area contributed by atoms with Crippen LogP contribution in [0.2, 0.25) is 0 Å². The molecular formula is C27H31NO3. The second-order valence-electron chi connectivity index (χ2n) is 8.64. The number of benzene rings is 3. The molecule has 1 unspecified atom stereocenters. The van der Waals surface area contributed by atoms with E-state index in [2.05, 4.69) is 54.3 Å². The van der Waals surface area contributed by atoms with Gasteiger partial charge in [0.05, 0.1) is 18.3 Å². The van der Waals surface area contributed by atoms with Crippen molar-refractivity contribution < 1.29 is 14.6 Å². The van der Waals surface area contributed by atoms with Crippen LogP contribution in [0.4, 0.5) is 5.69 Å². The SMILES string of the molecule is Cc1ccc(N2CCOC(CCC[C@H](C)c3cccc4ccccc34)C2)cc1C(=O)O. The summed E-state index contributed by atoms with van der Waals surface area (Å²) in [5.41, 5.74) is 3.57. The number of carboxylic acids is 1. The second kappa shape index (κ2) is 9.52. The maximum absolute atomic E-state index is 11.5. The molecule has 0 bridgehead atoms. The number of nitrogens with zero attached hydrogens (tertiary/aromatic N) is 1. The van der Waals surface area contributed by atoms with Gasteiger partial charge in [0, 0.05) is 18.8 Å². The summed E-state index contributed by atoms with van der Waals surface area (Å²) in [5, 5.41) is 12.1. The lowest BCUT2D eigenvalue weighted by molar-refractivity contribution is 0.0334. The minimum atomic E-state index is -0.869. The standard InChI is InChI=1S/C27H31NO3/c1-19(24-12-6-9-21-8-3-4-11-25(21)24)7-5-10-23-18-28(15-16-31-23)22-14-13-20(2)26(17-22)27(29)30/h3-4,6,8-9,11-14,17,19,23H,5,7,10,15-16,18H2,1-2H3,(H,29,30)/t19-,23?/m0/s1. The Kier molecular flexibility index (Phi) is 6.57. The zero-order valence-corrected chi connectivity index (χ0v) is 18.4. The Morgan fingerprint density at radius 2 is 1.97 bits per heavy atom. The number of fused-ring (bicyclic) bond motifs is 1. The van der Waals surface area contributed by atoms with Gasteiger partial charge in [-0.15, -0.1) is 0 Å². The van der Waals surface area contributed by atoms with E-state index in [1.807, 2.05) is 19.1 Å². The number of ether oxygens (including phenoxy) is 1. The van der Waals surface area contributed by atoms with Gasteiger partial charge in [-0.3, -0.25) is 0 Å². The first-order chi connectivity index (χ1) is 15.0. The van der Waals surface area contributed by atoms with Crippen LogP contribution in [0.1, 0.15) is 53.6 Å². The molecule has 4 nitrogen and oxygen atoms in total. The number of anilines is 1. The van der Waals surface area contributed by atoms with E-state index in [-0.39, 0.29) is 6.10 Å². The Bertz CT molecular complexity index is 1060. The van der Waals surface area contributed by atoms with Crippen LogP contribution in [-0.2, 0) is 4.74 Å². The highest BCUT2D eigenvalue weighted by Gasteiger charge is 2.22. The van der Waals surface area contributed by atoms with Crippen LogP contribution in [0.5, 0.6) is 0 Å². The molecular weight excluding hydrogens is 386 g/mol. The molecule has 1 aliphatic rings. The highest BCUT2D eigenvalue weighted by molar-refractivity contribution is 5.90. The van der Waals surface area contributed by atoms with Gasteiger partial charge < -0.3 is 14.7 Å². The minimum absolute atomic E-state index is 0.183. The van der Waals surface area contributed by atoms with Crippen molar-refractivity contribution in [3.8, 4) is 0 Å². The first-order valence-electron chi connectivity index (χ1n) is 11.2. The van der Waals surface area contributed by atoms with Crippen molar-refractivity contribution in [1.29, 1.82) is 0 Å². The zero-order valence-electron chi connectivity index (χ0n) is 18.4. The van der Waals surface area contributed by atoms with Gasteiger partial charge in [-0.1, -0.05) is 61.9 Å². The Morgan fingerprint density at radius 1 is 1.16 bits per heavy atom. The molecule has 1 fully saturated rings. The summed E-state index contributed by atoms with van der Waals surface area (Å²) in [5.74, 6) is -0.368. The second-order valence-corrected chi connectivity index (χ2v) is 8.64. The highest BCUT2D eigenvalue weighted by atomic mass is 16.5. The minimum Gasteiger partial charge on any atom is -0.478 e. The lowest BCUT2D eigenvalue weighted by Crippen LogP contribution is -2.42. The number of hydrogen-bond donors (Lipinski definition) is 1. The lowest BCUT2D eigenvalue weighted by atomic mass is 9.90. The third-order valence-corrected chi connectivity index (χ3v) is 6.47. The van der Waals surface area contributed by atoms with Crippen LogP contribution in [0.15, 0.2) is 60.7 Å². The van der Waals surface area contributed by atoms with Gasteiger partial charge in [-0.05, 0) is 59.7 Å². The van der Waals surface area contributed by atoms with Gasteiger partial charge in [-0.25, -0.2) is 4.79 Å². The molecule has 31 heavy (non-hydrogen) atoms. The van der Waals surface area contributed by atoms with E-state index in [0.717, 1.165) is 43.6 Å². The largest absolute Gasteiger partial charge is 0.478 e. The van der Waals surface area contributed by atoms with Crippen molar-refractivity contribution in [2.45, 2.75) is 45.1 Å². The average molecular weight is 418 g/mol. The summed E-state index contributed by atoms with van der Waals surface area (Å²) in [7, 11) is 0. The molecule has 4 heteroatoms. The summed E-state index contributed by atoms with van der Waals surface area (Å²) in [6.07, 6.45) is 3.44. The maximum atomic E-state index is 11.5. The summed E-state index contributed by atoms with van der Waals surface area (Å²) in [6, 6.07) is 20.9. The molecule has 1 heterocycles. The van der Waals surface area contributed by atoms with E-state index >= 15 is 0 Å². The van der Waals surface area contributed by atoms with E-state index < -0.39 is 5.97 Å². The van der Waals surface area contributed by atoms with E-state index in [1.54, 1.807) is 6.07 Å². The molecule has 0 aliphatic carbocycles. The molecule has 2 atom stereocenters. The van der Waals surface area contributed by atoms with Crippen molar-refractivity contribution >= 4 is 22.4 Å². The smallest absolute Gasteiger partial charge is 0.336 e. The van der Waals surface area contributed by atoms with Crippen LogP contribution in [0, 0.1) is 6.92 Å². The van der Waals surface area contributed by atoms with Crippen molar-refractivity contribution in [2.75, 3.05) is 24.6 Å². The number of morpholine rings is 1. The van der Waals surface area contributed by atoms with Gasteiger partial charge in [0.25, 0.3) is 0 Å². The fourth-order valence-electron chi connectivity index (χ4n) is 4.65. The van der Waals surface area contributed by atoms with Crippen molar-refractivity contribution in [1.82, 2.24) is 0 Å². The summed E-state index contributed by atoms with van der Waals surface area (Å²) in [4.78, 5) is 13.7. The monoisotopic (exact) mass is 417 g/mol. The van der Waals surface area contributed by atoms with E-state index in [9.17, 15) is 9.90 Å². The fourth-order valence-corrected chi connectivity index (χ4v) is 4.65. The number of hydrogen-bond acceptors (Lipinski definition) is 3. The number of aromatic carboxylic acids is 1. The fraction of sp³-hybridized carbons (Fsp3) is 0.370. The van der Waals surface area contributed by atoms with E-state index in [1.165, 1.54) is 16.3 Å². The molecule has 1 saturated heterocycles. The third kappa shape index (κ3) is 4.91. The Hall–Kier alpha value is -2.85. The van der Waals surface area contributed by atoms with Crippen molar-refractivity contribution in [3.63, 3.8) is 0 Å². The molecule has 0 saturated carbocycles. The zero-order chi connectivity index (χ0) is 21.8. The summed E-state index contributed by atoms with van der Waals surface area (Å²) < 4.78 is 6.03. The van der Waals surface area contributed by atoms with Crippen LogP contribution >= 0.6 is 0 Å². The van der Waals surface area contributed by atoms with Crippen LogP contribution in [0.3, 0.4) is 0 Å². The highest BCUT2D eigenvalue weighted by Crippen LogP contribution is 2.30. The molecule has 162 valence electrons. The van der Waals surface area contributed by atoms with Gasteiger partial charge in [0.2, 0.25) is 0 Å². The Labute approximate surface area is 184 Å². The molecule has 1 aliphatic heterocycles. The predicted molar refractivity (Wildman–Crippen MR) is 126 cm³/mol. The number of carboxylic acid groups (broad SMARTS) is 1. The van der Waals surface area contributed by atoms with Gasteiger partial charge in [-0.2, -0.15) is 0 Å². The van der Waals surface area contributed by atoms with Crippen LogP contribution < -0.4 is 4.90 Å². The normalized spacial score (nSPS) is 17.6. The van der Waals surface area contributed by atoms with Crippen molar-refractivity contribution in [2.24, 2.45) is 0 Å². The quantitative estimate of drug-likeness (QED) is 0.510. The van der Waals surface area contributed by atoms with Gasteiger partial charge in [0.1, 0.15) is 0 Å². The van der Waals surface area contributed by atoms with Crippen LogP contribution in [-0.4, -0.2) is 36.9 Å². The molecule has 0 radical (unpaired) electrons. The first-order valence-corrected chi connectivity index (χ1v) is 11.2. The topological polar surface area (TPSA) is 49.8 Å². The van der Waals surface area contributed by atoms with Crippen LogP contribution in [0.25, 0.3) is 10.8 Å². The van der Waals surface area contributed by atoms with Gasteiger partial charge >= 0.3 is 5.97 Å². The van der Waals surface area contributed by atoms with Gasteiger partial charge in [0.15, 0.2) is 0 Å². The number of rotatable bonds is 7. The third-order valence-electron chi connectivity index (χ3n) is 6.47. The maximum Gasteiger partial charge on any atom is 0.336 e. The molecule has 0 spiro atoms. The van der Waals surface area contributed by atoms with E-state index in [4.69, 9.17) is 4.74 Å². The molecule has 0 aromatic heterocycles. The Morgan fingerprint density at radius 3 is 2.81 bits per heavy atom. The number of aryl methyl sites for hydroxylation is 1. The molecule has 3 aromatic rings. The molecule has 3 aromatic carbocycles. The van der Waals surface area contributed by atoms with E-state index in [0.29, 0.717) is 18.1 Å². The Balaban J connectivity index is 1.35. The van der Waals surface area contributed by atoms with Crippen molar-refractivity contribution in [3.05, 3.63) is 77.4 Å². The summed E-state index contributed by atoms with van der Waals surface area (Å²) >= 11 is 0. The summed E-state index contributed by atoms with van der Waals surface area (Å²) in [6.45, 7) is 6.44. The molecule has 4 rings (SSSR count). The molecule has 0 amide bonds. The lowest BCUT2D eigenvalue weighted by Gasteiger charge is -2.35. The average Bonchev–Trinajstić information content (AvgIpc) is 2.79.